The summed E-state index contributed by atoms with van der Waals surface area (Å²) in [5.74, 6) is 1.62. The number of carbonyl (C=O) groups excluding carboxylic acids is 1. The van der Waals surface area contributed by atoms with Crippen molar-refractivity contribution in [1.82, 2.24) is 0 Å². The second-order valence-corrected chi connectivity index (χ2v) is 14.5. The Balaban J connectivity index is 1.34. The summed E-state index contributed by atoms with van der Waals surface area (Å²) in [5, 5.41) is 23.0. The van der Waals surface area contributed by atoms with Gasteiger partial charge in [0.05, 0.1) is 24.4 Å². The molecular weight excluding hydrogens is 428 g/mol. The van der Waals surface area contributed by atoms with Gasteiger partial charge < -0.3 is 19.7 Å². The predicted molar refractivity (Wildman–Crippen MR) is 129 cm³/mol. The zero-order chi connectivity index (χ0) is 24.5. The second kappa shape index (κ2) is 7.01. The highest BCUT2D eigenvalue weighted by Gasteiger charge is 2.84. The molecule has 2 N–H and O–H groups in total. The summed E-state index contributed by atoms with van der Waals surface area (Å²) >= 11 is 0. The van der Waals surface area contributed by atoms with Crippen molar-refractivity contribution in [1.29, 1.82) is 0 Å². The van der Waals surface area contributed by atoms with Crippen molar-refractivity contribution >= 4 is 5.97 Å². The van der Waals surface area contributed by atoms with Crippen LogP contribution in [0, 0.1) is 50.7 Å². The molecule has 34 heavy (non-hydrogen) atoms. The summed E-state index contributed by atoms with van der Waals surface area (Å²) in [6.07, 6.45) is 8.07. The first-order chi connectivity index (χ1) is 15.8. The highest BCUT2D eigenvalue weighted by molar-refractivity contribution is 5.65. The number of aliphatic hydroxyl groups excluding tert-OH is 2. The van der Waals surface area contributed by atoms with Crippen molar-refractivity contribution in [2.24, 2.45) is 50.7 Å². The zero-order valence-corrected chi connectivity index (χ0v) is 22.1. The van der Waals surface area contributed by atoms with Crippen LogP contribution in [0.15, 0.2) is 0 Å². The molecule has 1 saturated heterocycles. The van der Waals surface area contributed by atoms with E-state index in [2.05, 4.69) is 34.6 Å². The second-order valence-electron chi connectivity index (χ2n) is 14.5. The van der Waals surface area contributed by atoms with Crippen LogP contribution < -0.4 is 0 Å². The van der Waals surface area contributed by atoms with Crippen LogP contribution in [0.1, 0.15) is 92.9 Å². The molecule has 5 heteroatoms. The van der Waals surface area contributed by atoms with Crippen LogP contribution >= 0.6 is 0 Å². The van der Waals surface area contributed by atoms with E-state index in [0.717, 1.165) is 32.1 Å². The molecule has 5 nitrogen and oxygen atoms in total. The Morgan fingerprint density at radius 3 is 2.38 bits per heavy atom. The van der Waals surface area contributed by atoms with E-state index in [1.165, 1.54) is 26.2 Å². The fourth-order valence-electron chi connectivity index (χ4n) is 11.7. The van der Waals surface area contributed by atoms with Gasteiger partial charge in [-0.25, -0.2) is 0 Å². The van der Waals surface area contributed by atoms with Gasteiger partial charge in [0.15, 0.2) is 0 Å². The summed E-state index contributed by atoms with van der Waals surface area (Å²) in [6.45, 7) is 13.6. The van der Waals surface area contributed by atoms with Gasteiger partial charge >= 0.3 is 5.97 Å². The summed E-state index contributed by atoms with van der Waals surface area (Å²) in [6, 6.07) is 0. The maximum Gasteiger partial charge on any atom is 0.302 e. The molecule has 0 aromatic rings. The molecule has 5 saturated carbocycles. The third kappa shape index (κ3) is 2.55. The highest BCUT2D eigenvalue weighted by atomic mass is 16.6. The van der Waals surface area contributed by atoms with Crippen molar-refractivity contribution in [3.63, 3.8) is 0 Å². The molecule has 0 aromatic carbocycles. The first-order valence-electron chi connectivity index (χ1n) is 14.0. The largest absolute Gasteiger partial charge is 0.463 e. The molecule has 6 fully saturated rings. The van der Waals surface area contributed by atoms with E-state index < -0.39 is 6.10 Å². The number of fused-ring (bicyclic) bond motifs is 4. The topological polar surface area (TPSA) is 76.0 Å². The van der Waals surface area contributed by atoms with Gasteiger partial charge in [-0.15, -0.1) is 0 Å². The Hall–Kier alpha value is -0.650. The first kappa shape index (κ1) is 23.7. The molecule has 0 amide bonds. The smallest absolute Gasteiger partial charge is 0.302 e. The third-order valence-corrected chi connectivity index (χ3v) is 13.3. The normalized spacial score (nSPS) is 59.1. The molecule has 0 aromatic heterocycles. The van der Waals surface area contributed by atoms with Gasteiger partial charge in [-0.2, -0.15) is 0 Å². The molecule has 3 unspecified atom stereocenters. The molecule has 0 radical (unpaired) electrons. The van der Waals surface area contributed by atoms with Gasteiger partial charge in [0.1, 0.15) is 6.61 Å². The molecule has 1 heterocycles. The third-order valence-electron chi connectivity index (χ3n) is 13.3. The molecule has 6 aliphatic rings. The zero-order valence-electron chi connectivity index (χ0n) is 22.1. The molecule has 1 aliphatic heterocycles. The van der Waals surface area contributed by atoms with E-state index in [0.29, 0.717) is 41.1 Å². The fourth-order valence-corrected chi connectivity index (χ4v) is 11.7. The van der Waals surface area contributed by atoms with E-state index >= 15 is 0 Å². The van der Waals surface area contributed by atoms with Gasteiger partial charge in [0.25, 0.3) is 0 Å². The maximum atomic E-state index is 12.1. The van der Waals surface area contributed by atoms with E-state index in [1.54, 1.807) is 0 Å². The molecule has 192 valence electrons. The Morgan fingerprint density at radius 2 is 1.68 bits per heavy atom. The van der Waals surface area contributed by atoms with E-state index in [1.807, 2.05) is 0 Å². The Labute approximate surface area is 205 Å². The average molecular weight is 475 g/mol. The molecule has 12 atom stereocenters. The highest BCUT2D eigenvalue weighted by Crippen LogP contribution is 2.89. The number of carbonyl (C=O) groups is 1. The standard InChI is InChI=1S/C29H46O5/c1-16-13-18(14-33-17(2)30)34-23-22(16)26(5)11-12-29-15-28(29)10-9-21(31)25(3,4)19(28)7-8-20(29)27(26,6)24(23)32/h16,18-24,31-32H,7-15H2,1-6H3/t16-,18?,19+,20+,21+,22?,23?,24+,26-,27-,28-,29+/m1/s1. The lowest BCUT2D eigenvalue weighted by molar-refractivity contribution is -0.182. The number of hydrogen-bond donors (Lipinski definition) is 2. The lowest BCUT2D eigenvalue weighted by Gasteiger charge is -2.63. The van der Waals surface area contributed by atoms with E-state index in [4.69, 9.17) is 9.47 Å². The van der Waals surface area contributed by atoms with Crippen LogP contribution in [0.3, 0.4) is 0 Å². The monoisotopic (exact) mass is 474 g/mol. The van der Waals surface area contributed by atoms with Gasteiger partial charge in [-0.05, 0) is 96.7 Å². The summed E-state index contributed by atoms with van der Waals surface area (Å²) in [4.78, 5) is 11.4. The van der Waals surface area contributed by atoms with E-state index in [9.17, 15) is 15.0 Å². The van der Waals surface area contributed by atoms with Crippen molar-refractivity contribution in [3.8, 4) is 0 Å². The fraction of sp³-hybridized carbons (Fsp3) is 0.966. The Morgan fingerprint density at radius 1 is 1.00 bits per heavy atom. The molecule has 6 rings (SSSR count). The molecule has 5 aliphatic carbocycles. The average Bonchev–Trinajstić information content (AvgIpc) is 3.40. The molecule has 2 spiro atoms. The lowest BCUT2D eigenvalue weighted by atomic mass is 9.41. The van der Waals surface area contributed by atoms with Crippen molar-refractivity contribution in [2.45, 2.75) is 117 Å². The van der Waals surface area contributed by atoms with Gasteiger partial charge in [-0.1, -0.05) is 34.6 Å². The van der Waals surface area contributed by atoms with Crippen LogP contribution in [-0.2, 0) is 14.3 Å². The molecular formula is C29H46O5. The minimum absolute atomic E-state index is 0.0157. The number of aliphatic hydroxyl groups is 2. The van der Waals surface area contributed by atoms with Crippen LogP contribution in [0.5, 0.6) is 0 Å². The van der Waals surface area contributed by atoms with Crippen LogP contribution in [0.2, 0.25) is 0 Å². The van der Waals surface area contributed by atoms with Crippen molar-refractivity contribution < 1.29 is 24.5 Å². The Kier molecular flexibility index (Phi) is 4.89. The first-order valence-corrected chi connectivity index (χ1v) is 14.0. The van der Waals surface area contributed by atoms with Crippen LogP contribution in [-0.4, -0.2) is 47.2 Å². The quantitative estimate of drug-likeness (QED) is 0.566. The van der Waals surface area contributed by atoms with Crippen LogP contribution in [0.4, 0.5) is 0 Å². The van der Waals surface area contributed by atoms with Crippen molar-refractivity contribution in [3.05, 3.63) is 0 Å². The molecule has 0 bridgehead atoms. The predicted octanol–water partition coefficient (Wildman–Crippen LogP) is 4.72. The number of ether oxygens (including phenoxy) is 2. The lowest BCUT2D eigenvalue weighted by Crippen LogP contribution is -2.59. The van der Waals surface area contributed by atoms with Gasteiger partial charge in [-0.3, -0.25) is 4.79 Å². The van der Waals surface area contributed by atoms with Gasteiger partial charge in [0.2, 0.25) is 0 Å². The number of hydrogen-bond acceptors (Lipinski definition) is 5. The SMILES string of the molecule is CC(=O)OCC1C[C@@H](C)C2C(O1)[C@H](O)[C@@]1(C)[C@@H]3CC[C@H]4C(C)(C)[C@@H](O)CC[C@@]45C[C@@]35CC[C@]21C. The number of esters is 1. The van der Waals surface area contributed by atoms with E-state index in [-0.39, 0.29) is 40.5 Å². The Bertz CT molecular complexity index is 886. The minimum Gasteiger partial charge on any atom is -0.463 e. The maximum absolute atomic E-state index is 12.1. The van der Waals surface area contributed by atoms with Crippen molar-refractivity contribution in [2.75, 3.05) is 6.61 Å². The summed E-state index contributed by atoms with van der Waals surface area (Å²) < 4.78 is 11.9. The summed E-state index contributed by atoms with van der Waals surface area (Å²) in [5.41, 5.74) is 0.564. The minimum atomic E-state index is -0.483. The van der Waals surface area contributed by atoms with Crippen LogP contribution in [0.25, 0.3) is 0 Å². The summed E-state index contributed by atoms with van der Waals surface area (Å²) in [7, 11) is 0. The number of rotatable bonds is 2. The van der Waals surface area contributed by atoms with Gasteiger partial charge in [0, 0.05) is 12.3 Å².